The summed E-state index contributed by atoms with van der Waals surface area (Å²) in [6.07, 6.45) is 0. The minimum Gasteiger partial charge on any atom is -0.279 e. The summed E-state index contributed by atoms with van der Waals surface area (Å²) in [4.78, 5) is 10.8. The van der Waals surface area contributed by atoms with Crippen molar-refractivity contribution >= 4 is 51.6 Å². The molecular weight excluding hydrogens is 254 g/mol. The predicted molar refractivity (Wildman–Crippen MR) is 55.9 cm³/mol. The molecule has 0 fully saturated rings. The van der Waals surface area contributed by atoms with Gasteiger partial charge in [-0.05, 0) is 23.7 Å². The Kier molecular flexibility index (Phi) is 3.87. The summed E-state index contributed by atoms with van der Waals surface area (Å²) >= 11 is 22.5. The van der Waals surface area contributed by atoms with E-state index in [1.807, 2.05) is 0 Å². The molecule has 0 spiro atoms. The maximum Gasteiger partial charge on any atom is 0.244 e. The van der Waals surface area contributed by atoms with Gasteiger partial charge in [0.1, 0.15) is 5.38 Å². The third kappa shape index (κ3) is 2.50. The lowest BCUT2D eigenvalue weighted by molar-refractivity contribution is -0.111. The summed E-state index contributed by atoms with van der Waals surface area (Å²) in [5, 5.41) is -1.03. The molecule has 5 heteroatoms. The van der Waals surface area contributed by atoms with Gasteiger partial charge in [-0.3, -0.25) is 4.79 Å². The van der Waals surface area contributed by atoms with Crippen LogP contribution in [0.15, 0.2) is 18.2 Å². The first-order chi connectivity index (χ1) is 6.04. The van der Waals surface area contributed by atoms with Crippen LogP contribution in [-0.4, -0.2) is 5.24 Å². The van der Waals surface area contributed by atoms with Crippen molar-refractivity contribution < 1.29 is 4.79 Å². The topological polar surface area (TPSA) is 17.1 Å². The second-order valence-corrected chi connectivity index (χ2v) is 3.93. The second-order valence-electron chi connectivity index (χ2n) is 2.30. The molecule has 1 nitrogen and oxygen atoms in total. The molecule has 0 aliphatic rings. The molecule has 0 N–H and O–H groups in total. The van der Waals surface area contributed by atoms with Crippen molar-refractivity contribution in [3.8, 4) is 0 Å². The molecule has 1 atom stereocenters. The Labute approximate surface area is 95.5 Å². The molecule has 0 aliphatic heterocycles. The third-order valence-corrected chi connectivity index (χ3v) is 2.86. The van der Waals surface area contributed by atoms with Gasteiger partial charge in [-0.25, -0.2) is 0 Å². The van der Waals surface area contributed by atoms with Gasteiger partial charge in [0.25, 0.3) is 0 Å². The van der Waals surface area contributed by atoms with Gasteiger partial charge in [-0.2, -0.15) is 0 Å². The maximum atomic E-state index is 10.8. The van der Waals surface area contributed by atoms with E-state index in [1.54, 1.807) is 18.2 Å². The molecule has 70 valence electrons. The Balaban J connectivity index is 3.20. The average Bonchev–Trinajstić information content (AvgIpc) is 2.03. The van der Waals surface area contributed by atoms with Gasteiger partial charge in [0.05, 0.1) is 0 Å². The van der Waals surface area contributed by atoms with Crippen LogP contribution in [-0.2, 0) is 4.79 Å². The van der Waals surface area contributed by atoms with Crippen LogP contribution in [0.4, 0.5) is 0 Å². The van der Waals surface area contributed by atoms with Crippen LogP contribution in [0.1, 0.15) is 10.9 Å². The van der Waals surface area contributed by atoms with E-state index in [1.165, 1.54) is 0 Å². The molecule has 0 radical (unpaired) electrons. The number of benzene rings is 1. The number of alkyl halides is 1. The van der Waals surface area contributed by atoms with E-state index in [-0.39, 0.29) is 0 Å². The summed E-state index contributed by atoms with van der Waals surface area (Å²) in [6, 6.07) is 4.85. The van der Waals surface area contributed by atoms with E-state index < -0.39 is 10.6 Å². The Morgan fingerprint density at radius 2 is 1.69 bits per heavy atom. The van der Waals surface area contributed by atoms with Crippen LogP contribution in [0.25, 0.3) is 0 Å². The van der Waals surface area contributed by atoms with E-state index in [0.717, 1.165) is 0 Å². The molecular formula is C8H4Cl4O. The first-order valence-corrected chi connectivity index (χ1v) is 4.88. The van der Waals surface area contributed by atoms with E-state index in [4.69, 9.17) is 46.4 Å². The van der Waals surface area contributed by atoms with Crippen molar-refractivity contribution in [3.63, 3.8) is 0 Å². The van der Waals surface area contributed by atoms with Gasteiger partial charge < -0.3 is 0 Å². The average molecular weight is 258 g/mol. The number of hydrogen-bond donors (Lipinski definition) is 0. The Morgan fingerprint density at radius 3 is 2.08 bits per heavy atom. The number of carbonyl (C=O) groups excluding carboxylic acids is 1. The van der Waals surface area contributed by atoms with Gasteiger partial charge in [0, 0.05) is 15.6 Å². The summed E-state index contributed by atoms with van der Waals surface area (Å²) in [6.45, 7) is 0. The second kappa shape index (κ2) is 4.52. The fourth-order valence-corrected chi connectivity index (χ4v) is 1.94. The number of hydrogen-bond acceptors (Lipinski definition) is 1. The van der Waals surface area contributed by atoms with Crippen LogP contribution >= 0.6 is 46.4 Å². The largest absolute Gasteiger partial charge is 0.279 e. The fourth-order valence-electron chi connectivity index (χ4n) is 0.866. The van der Waals surface area contributed by atoms with E-state index in [2.05, 4.69) is 0 Å². The molecule has 0 aromatic heterocycles. The van der Waals surface area contributed by atoms with Crippen molar-refractivity contribution in [2.45, 2.75) is 5.38 Å². The van der Waals surface area contributed by atoms with Crippen molar-refractivity contribution in [1.82, 2.24) is 0 Å². The molecule has 0 saturated heterocycles. The molecule has 13 heavy (non-hydrogen) atoms. The van der Waals surface area contributed by atoms with Crippen LogP contribution in [0.2, 0.25) is 10.0 Å². The number of halogens is 4. The van der Waals surface area contributed by atoms with Gasteiger partial charge in [-0.15, -0.1) is 11.6 Å². The lowest BCUT2D eigenvalue weighted by Gasteiger charge is -2.08. The fraction of sp³-hybridized carbons (Fsp3) is 0.125. The van der Waals surface area contributed by atoms with Gasteiger partial charge >= 0.3 is 0 Å². The molecule has 0 amide bonds. The predicted octanol–water partition coefficient (Wildman–Crippen LogP) is 4.04. The van der Waals surface area contributed by atoms with Crippen LogP contribution < -0.4 is 0 Å². The standard InChI is InChI=1S/C8H4Cl4O/c9-4-2-1-3-5(10)6(4)7(11)8(12)13/h1-3,7H. The maximum absolute atomic E-state index is 10.8. The highest BCUT2D eigenvalue weighted by atomic mass is 35.5. The highest BCUT2D eigenvalue weighted by Crippen LogP contribution is 2.35. The molecule has 0 heterocycles. The molecule has 1 unspecified atom stereocenters. The molecule has 1 aromatic rings. The highest BCUT2D eigenvalue weighted by Gasteiger charge is 2.20. The molecule has 0 aliphatic carbocycles. The van der Waals surface area contributed by atoms with Crippen molar-refractivity contribution in [1.29, 1.82) is 0 Å². The van der Waals surface area contributed by atoms with Crippen molar-refractivity contribution in [3.05, 3.63) is 33.8 Å². The third-order valence-electron chi connectivity index (χ3n) is 1.45. The minimum absolute atomic E-state index is 0.335. The van der Waals surface area contributed by atoms with E-state index in [0.29, 0.717) is 15.6 Å². The summed E-state index contributed by atoms with van der Waals surface area (Å²) < 4.78 is 0. The SMILES string of the molecule is O=C(Cl)C(Cl)c1c(Cl)cccc1Cl. The van der Waals surface area contributed by atoms with E-state index in [9.17, 15) is 4.79 Å². The van der Waals surface area contributed by atoms with Crippen LogP contribution in [0.3, 0.4) is 0 Å². The van der Waals surface area contributed by atoms with Crippen LogP contribution in [0, 0.1) is 0 Å². The van der Waals surface area contributed by atoms with Crippen molar-refractivity contribution in [2.24, 2.45) is 0 Å². The van der Waals surface area contributed by atoms with Gasteiger partial charge in [0.15, 0.2) is 0 Å². The molecule has 1 rings (SSSR count). The normalized spacial score (nSPS) is 12.6. The summed E-state index contributed by atoms with van der Waals surface area (Å²) in [5.74, 6) is 0. The summed E-state index contributed by atoms with van der Waals surface area (Å²) in [5.41, 5.74) is 0.354. The quantitative estimate of drug-likeness (QED) is 0.577. The lowest BCUT2D eigenvalue weighted by atomic mass is 10.1. The zero-order valence-corrected chi connectivity index (χ0v) is 9.25. The minimum atomic E-state index is -0.997. The Hall–Kier alpha value is 0.0500. The van der Waals surface area contributed by atoms with Crippen LogP contribution in [0.5, 0.6) is 0 Å². The molecule has 0 bridgehead atoms. The first kappa shape index (κ1) is 11.1. The zero-order valence-electron chi connectivity index (χ0n) is 6.23. The highest BCUT2D eigenvalue weighted by molar-refractivity contribution is 6.69. The monoisotopic (exact) mass is 256 g/mol. The Bertz CT molecular complexity index is 317. The zero-order chi connectivity index (χ0) is 10.0. The van der Waals surface area contributed by atoms with Gasteiger partial charge in [-0.1, -0.05) is 29.3 Å². The van der Waals surface area contributed by atoms with Gasteiger partial charge in [0.2, 0.25) is 5.24 Å². The van der Waals surface area contributed by atoms with Crippen molar-refractivity contribution in [2.75, 3.05) is 0 Å². The molecule has 0 saturated carbocycles. The summed E-state index contributed by atoms with van der Waals surface area (Å²) in [7, 11) is 0. The first-order valence-electron chi connectivity index (χ1n) is 3.31. The molecule has 1 aromatic carbocycles. The number of rotatable bonds is 2. The number of carbonyl (C=O) groups is 1. The lowest BCUT2D eigenvalue weighted by Crippen LogP contribution is -2.00. The smallest absolute Gasteiger partial charge is 0.244 e. The Morgan fingerprint density at radius 1 is 1.23 bits per heavy atom. The van der Waals surface area contributed by atoms with E-state index >= 15 is 0 Å².